The molecule has 0 saturated heterocycles. The zero-order chi connectivity index (χ0) is 19.0. The second kappa shape index (κ2) is 6.60. The Kier molecular flexibility index (Phi) is 5.20. The van der Waals surface area contributed by atoms with Gasteiger partial charge >= 0.3 is 6.18 Å². The quantitative estimate of drug-likeness (QED) is 0.803. The minimum atomic E-state index is -5.19. The average molecular weight is 414 g/mol. The van der Waals surface area contributed by atoms with Crippen molar-refractivity contribution < 1.29 is 31.5 Å². The van der Waals surface area contributed by atoms with Crippen molar-refractivity contribution in [3.8, 4) is 0 Å². The Hall–Kier alpha value is -1.62. The third-order valence-electron chi connectivity index (χ3n) is 3.25. The largest absolute Gasteiger partial charge is 0.426 e. The second-order valence-electron chi connectivity index (χ2n) is 5.10. The van der Waals surface area contributed by atoms with E-state index < -0.39 is 27.5 Å². The van der Waals surface area contributed by atoms with Crippen LogP contribution in [0.3, 0.4) is 0 Å². The predicted octanol–water partition coefficient (Wildman–Crippen LogP) is 3.49. The number of anilines is 1. The van der Waals surface area contributed by atoms with E-state index in [1.807, 2.05) is 5.32 Å². The third kappa shape index (κ3) is 3.81. The summed E-state index contributed by atoms with van der Waals surface area (Å²) >= 11 is 6.86. The topological polar surface area (TPSA) is 83.5 Å². The maximum atomic E-state index is 12.6. The molecule has 0 unspecified atom stereocenters. The van der Waals surface area contributed by atoms with Gasteiger partial charge in [0, 0.05) is 0 Å². The van der Waals surface area contributed by atoms with Crippen molar-refractivity contribution in [2.24, 2.45) is 0 Å². The molecule has 0 aliphatic rings. The normalized spacial score (nSPS) is 14.8. The number of rotatable bonds is 4. The fraction of sp³-hybridized carbons (Fsp3) is 0.214. The smallest absolute Gasteiger partial charge is 0.373 e. The Morgan fingerprint density at radius 1 is 1.28 bits per heavy atom. The van der Waals surface area contributed by atoms with Crippen molar-refractivity contribution in [1.29, 1.82) is 0 Å². The molecule has 25 heavy (non-hydrogen) atoms. The molecule has 1 heterocycles. The van der Waals surface area contributed by atoms with Gasteiger partial charge in [0.1, 0.15) is 4.21 Å². The van der Waals surface area contributed by atoms with Gasteiger partial charge in [-0.15, -0.1) is 11.3 Å². The number of halogens is 4. The number of amides is 1. The molecule has 1 aromatic carbocycles. The second-order valence-corrected chi connectivity index (χ2v) is 8.63. The van der Waals surface area contributed by atoms with Crippen LogP contribution < -0.4 is 5.32 Å². The van der Waals surface area contributed by atoms with Crippen molar-refractivity contribution in [3.63, 3.8) is 0 Å². The number of nitrogens with one attached hydrogen (secondary N) is 1. The first-order valence-electron chi connectivity index (χ1n) is 6.56. The molecule has 1 amide bonds. The lowest BCUT2D eigenvalue weighted by Crippen LogP contribution is -2.52. The summed E-state index contributed by atoms with van der Waals surface area (Å²) in [4.78, 5) is 11.5. The Morgan fingerprint density at radius 3 is 2.40 bits per heavy atom. The van der Waals surface area contributed by atoms with Crippen molar-refractivity contribution in [2.45, 2.75) is 27.8 Å². The highest BCUT2D eigenvalue weighted by atomic mass is 35.5. The fourth-order valence-corrected chi connectivity index (χ4v) is 4.38. The van der Waals surface area contributed by atoms with Crippen LogP contribution in [0.1, 0.15) is 6.92 Å². The van der Waals surface area contributed by atoms with Crippen LogP contribution in [0, 0.1) is 0 Å². The van der Waals surface area contributed by atoms with Crippen LogP contribution in [0.25, 0.3) is 0 Å². The lowest BCUT2D eigenvalue weighted by molar-refractivity contribution is -0.242. The number of carbonyl (C=O) groups excluding carboxylic acids is 1. The average Bonchev–Trinajstić information content (AvgIpc) is 3.02. The standard InChI is InChI=1S/C14H11ClF3NO4S2/c1-13(21,14(16,17)18)12(20)19-10-5-4-8(7-9(10)15)25(22,23)11-3-2-6-24-11/h2-7,21H,1H3,(H,19,20)/t13-/m1/s1. The van der Waals surface area contributed by atoms with Crippen LogP contribution in [0.5, 0.6) is 0 Å². The monoisotopic (exact) mass is 413 g/mol. The van der Waals surface area contributed by atoms with Gasteiger partial charge in [0.25, 0.3) is 5.91 Å². The third-order valence-corrected chi connectivity index (χ3v) is 6.71. The molecule has 2 rings (SSSR count). The SMILES string of the molecule is C[C@@](O)(C(=O)Nc1ccc(S(=O)(=O)c2cccs2)cc1Cl)C(F)(F)F. The molecule has 0 bridgehead atoms. The molecule has 1 aromatic heterocycles. The number of hydrogen-bond donors (Lipinski definition) is 2. The minimum Gasteiger partial charge on any atom is -0.373 e. The van der Waals surface area contributed by atoms with Crippen molar-refractivity contribution in [1.82, 2.24) is 0 Å². The van der Waals surface area contributed by atoms with Crippen LogP contribution in [0.2, 0.25) is 5.02 Å². The zero-order valence-corrected chi connectivity index (χ0v) is 14.9. The fourth-order valence-electron chi connectivity index (χ4n) is 1.67. The number of aliphatic hydroxyl groups is 1. The molecule has 2 aromatic rings. The van der Waals surface area contributed by atoms with Gasteiger partial charge < -0.3 is 10.4 Å². The van der Waals surface area contributed by atoms with Crippen LogP contribution in [-0.4, -0.2) is 31.2 Å². The first-order valence-corrected chi connectivity index (χ1v) is 9.30. The van der Waals surface area contributed by atoms with Crippen molar-refractivity contribution in [2.75, 3.05) is 5.32 Å². The van der Waals surface area contributed by atoms with Crippen LogP contribution >= 0.6 is 22.9 Å². The summed E-state index contributed by atoms with van der Waals surface area (Å²) in [5.41, 5.74) is -3.89. The number of benzene rings is 1. The van der Waals surface area contributed by atoms with Gasteiger partial charge in [-0.05, 0) is 36.6 Å². The van der Waals surface area contributed by atoms with Gasteiger partial charge in [0.15, 0.2) is 0 Å². The number of alkyl halides is 3. The molecule has 0 aliphatic carbocycles. The summed E-state index contributed by atoms with van der Waals surface area (Å²) in [5, 5.41) is 12.4. The summed E-state index contributed by atoms with van der Waals surface area (Å²) < 4.78 is 62.7. The van der Waals surface area contributed by atoms with E-state index in [9.17, 15) is 31.5 Å². The molecule has 1 atom stereocenters. The predicted molar refractivity (Wildman–Crippen MR) is 86.5 cm³/mol. The molecule has 0 fully saturated rings. The Labute approximate surface area is 150 Å². The highest BCUT2D eigenvalue weighted by Gasteiger charge is 2.55. The minimum absolute atomic E-state index is 0.0698. The lowest BCUT2D eigenvalue weighted by Gasteiger charge is -2.25. The van der Waals surface area contributed by atoms with Gasteiger partial charge in [-0.2, -0.15) is 13.2 Å². The number of thiophene rings is 1. The first kappa shape index (κ1) is 19.7. The Bertz CT molecular complexity index is 893. The summed E-state index contributed by atoms with van der Waals surface area (Å²) in [6, 6.07) is 6.09. The van der Waals surface area contributed by atoms with E-state index >= 15 is 0 Å². The molecule has 5 nitrogen and oxygen atoms in total. The maximum absolute atomic E-state index is 12.6. The van der Waals surface area contributed by atoms with E-state index in [2.05, 4.69) is 0 Å². The van der Waals surface area contributed by atoms with Gasteiger partial charge in [0.05, 0.1) is 15.6 Å². The molecule has 11 heteroatoms. The van der Waals surface area contributed by atoms with Crippen molar-refractivity contribution >= 4 is 44.4 Å². The molecule has 2 N–H and O–H groups in total. The lowest BCUT2D eigenvalue weighted by atomic mass is 10.1. The molecule has 0 aliphatic heterocycles. The van der Waals surface area contributed by atoms with Gasteiger partial charge in [-0.25, -0.2) is 8.42 Å². The van der Waals surface area contributed by atoms with Gasteiger partial charge in [-0.1, -0.05) is 17.7 Å². The van der Waals surface area contributed by atoms with Crippen molar-refractivity contribution in [3.05, 3.63) is 40.7 Å². The molecule has 0 saturated carbocycles. The van der Waals surface area contributed by atoms with E-state index in [1.165, 1.54) is 6.07 Å². The summed E-state index contributed by atoms with van der Waals surface area (Å²) in [6.45, 7) is 0.297. The van der Waals surface area contributed by atoms with Crippen LogP contribution in [-0.2, 0) is 14.6 Å². The van der Waals surface area contributed by atoms with E-state index in [0.717, 1.165) is 29.5 Å². The molecule has 0 spiro atoms. The number of hydrogen-bond acceptors (Lipinski definition) is 5. The summed E-state index contributed by atoms with van der Waals surface area (Å²) in [6.07, 6.45) is -5.19. The van der Waals surface area contributed by atoms with Gasteiger partial charge in [-0.3, -0.25) is 4.79 Å². The highest BCUT2D eigenvalue weighted by molar-refractivity contribution is 7.93. The molecular formula is C14H11ClF3NO4S2. The molecule has 136 valence electrons. The van der Waals surface area contributed by atoms with E-state index in [0.29, 0.717) is 6.92 Å². The van der Waals surface area contributed by atoms with Gasteiger partial charge in [0.2, 0.25) is 15.4 Å². The number of sulfone groups is 1. The summed E-state index contributed by atoms with van der Waals surface area (Å²) in [7, 11) is -3.82. The van der Waals surface area contributed by atoms with E-state index in [4.69, 9.17) is 11.6 Å². The Balaban J connectivity index is 2.31. The maximum Gasteiger partial charge on any atom is 0.426 e. The molecular weight excluding hydrogens is 403 g/mol. The number of carbonyl (C=O) groups is 1. The summed E-state index contributed by atoms with van der Waals surface area (Å²) in [5.74, 6) is -1.74. The molecule has 0 radical (unpaired) electrons. The Morgan fingerprint density at radius 2 is 1.92 bits per heavy atom. The van der Waals surface area contributed by atoms with E-state index in [1.54, 1.807) is 11.4 Å². The first-order chi connectivity index (χ1) is 11.4. The zero-order valence-electron chi connectivity index (χ0n) is 12.5. The highest BCUT2D eigenvalue weighted by Crippen LogP contribution is 2.33. The van der Waals surface area contributed by atoms with Crippen LogP contribution in [0.4, 0.5) is 18.9 Å². The van der Waals surface area contributed by atoms with Crippen LogP contribution in [0.15, 0.2) is 44.8 Å². The van der Waals surface area contributed by atoms with E-state index in [-0.39, 0.29) is 19.8 Å².